The van der Waals surface area contributed by atoms with Crippen molar-refractivity contribution in [3.63, 3.8) is 0 Å². The Bertz CT molecular complexity index is 1460. The zero-order valence-electron chi connectivity index (χ0n) is 55.0. The van der Waals surface area contributed by atoms with E-state index in [9.17, 15) is 14.4 Å². The summed E-state index contributed by atoms with van der Waals surface area (Å²) in [6, 6.07) is 0. The summed E-state index contributed by atoms with van der Waals surface area (Å²) in [5.74, 6) is -0.877. The molecule has 0 aliphatic carbocycles. The molecule has 0 amide bonds. The highest BCUT2D eigenvalue weighted by atomic mass is 16.6. The smallest absolute Gasteiger partial charge is 0.306 e. The predicted molar refractivity (Wildman–Crippen MR) is 358 cm³/mol. The lowest BCUT2D eigenvalue weighted by Crippen LogP contribution is -2.30. The van der Waals surface area contributed by atoms with Crippen LogP contribution < -0.4 is 0 Å². The van der Waals surface area contributed by atoms with Crippen molar-refractivity contribution in [2.24, 2.45) is 0 Å². The van der Waals surface area contributed by atoms with Crippen molar-refractivity contribution in [3.05, 3.63) is 60.8 Å². The Labute approximate surface area is 510 Å². The van der Waals surface area contributed by atoms with Crippen LogP contribution in [-0.2, 0) is 28.6 Å². The Morgan fingerprint density at radius 3 is 0.768 bits per heavy atom. The summed E-state index contributed by atoms with van der Waals surface area (Å²) >= 11 is 0. The molecule has 0 aromatic heterocycles. The normalized spacial score (nSPS) is 12.4. The highest BCUT2D eigenvalue weighted by Crippen LogP contribution is 2.19. The van der Waals surface area contributed by atoms with Crippen molar-refractivity contribution in [1.82, 2.24) is 0 Å². The number of ether oxygens (including phenoxy) is 3. The van der Waals surface area contributed by atoms with E-state index in [0.29, 0.717) is 19.3 Å². The van der Waals surface area contributed by atoms with Gasteiger partial charge in [0.15, 0.2) is 6.10 Å². The summed E-state index contributed by atoms with van der Waals surface area (Å²) in [4.78, 5) is 38.4. The van der Waals surface area contributed by atoms with Gasteiger partial charge in [0.2, 0.25) is 0 Å². The summed E-state index contributed by atoms with van der Waals surface area (Å²) in [5, 5.41) is 0. The molecule has 0 aliphatic heterocycles. The van der Waals surface area contributed by atoms with Gasteiger partial charge in [0.05, 0.1) is 0 Å². The first kappa shape index (κ1) is 79.1. The van der Waals surface area contributed by atoms with E-state index < -0.39 is 6.10 Å². The van der Waals surface area contributed by atoms with Crippen LogP contribution in [0, 0.1) is 0 Å². The van der Waals surface area contributed by atoms with Crippen LogP contribution in [0.1, 0.15) is 387 Å². The molecule has 1 atom stereocenters. The van der Waals surface area contributed by atoms with E-state index in [1.165, 1.54) is 244 Å². The largest absolute Gasteiger partial charge is 0.462 e. The topological polar surface area (TPSA) is 78.9 Å². The van der Waals surface area contributed by atoms with Crippen LogP contribution >= 0.6 is 0 Å². The number of esters is 3. The minimum absolute atomic E-state index is 0.0781. The molecule has 0 radical (unpaired) electrons. The van der Waals surface area contributed by atoms with Crippen LogP contribution in [-0.4, -0.2) is 37.2 Å². The second kappa shape index (κ2) is 70.6. The van der Waals surface area contributed by atoms with Crippen LogP contribution in [0.5, 0.6) is 0 Å². The first-order valence-corrected chi connectivity index (χ1v) is 36.3. The Balaban J connectivity index is 4.21. The summed E-state index contributed by atoms with van der Waals surface area (Å²) in [5.41, 5.74) is 0. The Morgan fingerprint density at radius 1 is 0.256 bits per heavy atom. The Hall–Kier alpha value is -2.89. The number of rotatable bonds is 67. The third-order valence-electron chi connectivity index (χ3n) is 16.3. The molecule has 6 heteroatoms. The van der Waals surface area contributed by atoms with Crippen LogP contribution in [0.3, 0.4) is 0 Å². The summed E-state index contributed by atoms with van der Waals surface area (Å²) in [6.07, 6.45) is 91.2. The fraction of sp³-hybridized carbons (Fsp3) is 0.829. The maximum Gasteiger partial charge on any atom is 0.306 e. The number of hydrogen-bond donors (Lipinski definition) is 0. The molecule has 0 rings (SSSR count). The molecule has 6 nitrogen and oxygen atoms in total. The minimum Gasteiger partial charge on any atom is -0.462 e. The van der Waals surface area contributed by atoms with E-state index in [1.807, 2.05) is 0 Å². The lowest BCUT2D eigenvalue weighted by molar-refractivity contribution is -0.167. The molecule has 0 aliphatic rings. The van der Waals surface area contributed by atoms with E-state index in [1.54, 1.807) is 0 Å². The van der Waals surface area contributed by atoms with Crippen LogP contribution in [0.15, 0.2) is 60.8 Å². The third-order valence-corrected chi connectivity index (χ3v) is 16.3. The van der Waals surface area contributed by atoms with Crippen molar-refractivity contribution >= 4 is 17.9 Å². The molecule has 0 heterocycles. The monoisotopic (exact) mass is 1150 g/mol. The minimum atomic E-state index is -0.784. The van der Waals surface area contributed by atoms with Gasteiger partial charge in [0.25, 0.3) is 0 Å². The third kappa shape index (κ3) is 67.9. The summed E-state index contributed by atoms with van der Waals surface area (Å²) in [7, 11) is 0. The zero-order valence-corrected chi connectivity index (χ0v) is 55.0. The number of carbonyl (C=O) groups excluding carboxylic acids is 3. The molecule has 0 spiro atoms. The number of hydrogen-bond acceptors (Lipinski definition) is 6. The quantitative estimate of drug-likeness (QED) is 0.0261. The van der Waals surface area contributed by atoms with Gasteiger partial charge in [-0.05, 0) is 83.5 Å². The molecule has 0 N–H and O–H groups in total. The van der Waals surface area contributed by atoms with Crippen molar-refractivity contribution < 1.29 is 28.6 Å². The molecule has 0 bridgehead atoms. The maximum atomic E-state index is 12.9. The molecule has 0 fully saturated rings. The molecule has 0 aromatic rings. The van der Waals surface area contributed by atoms with E-state index in [-0.39, 0.29) is 31.1 Å². The second-order valence-corrected chi connectivity index (χ2v) is 24.5. The number of unbranched alkanes of at least 4 members (excludes halogenated alkanes) is 46. The molecule has 82 heavy (non-hydrogen) atoms. The molecule has 0 saturated heterocycles. The summed E-state index contributed by atoms with van der Waals surface area (Å²) < 4.78 is 17.0. The molecular formula is C76H138O6. The first-order valence-electron chi connectivity index (χ1n) is 36.3. The lowest BCUT2D eigenvalue weighted by Gasteiger charge is -2.18. The molecular weight excluding hydrogens is 1010 g/mol. The van der Waals surface area contributed by atoms with E-state index in [0.717, 1.165) is 103 Å². The van der Waals surface area contributed by atoms with Crippen molar-refractivity contribution in [2.75, 3.05) is 13.2 Å². The average molecular weight is 1150 g/mol. The summed E-state index contributed by atoms with van der Waals surface area (Å²) in [6.45, 7) is 6.55. The highest BCUT2D eigenvalue weighted by molar-refractivity contribution is 5.71. The average Bonchev–Trinajstić information content (AvgIpc) is 3.47. The zero-order chi connectivity index (χ0) is 59.2. The van der Waals surface area contributed by atoms with Gasteiger partial charge in [0, 0.05) is 19.3 Å². The Morgan fingerprint density at radius 2 is 0.476 bits per heavy atom. The second-order valence-electron chi connectivity index (χ2n) is 24.5. The molecule has 1 unspecified atom stereocenters. The van der Waals surface area contributed by atoms with E-state index in [4.69, 9.17) is 14.2 Å². The van der Waals surface area contributed by atoms with Gasteiger partial charge in [0.1, 0.15) is 13.2 Å². The van der Waals surface area contributed by atoms with Gasteiger partial charge in [-0.25, -0.2) is 0 Å². The van der Waals surface area contributed by atoms with Gasteiger partial charge >= 0.3 is 17.9 Å². The Kier molecular flexibility index (Phi) is 68.1. The van der Waals surface area contributed by atoms with Crippen LogP contribution in [0.4, 0.5) is 0 Å². The maximum absolute atomic E-state index is 12.9. The van der Waals surface area contributed by atoms with Crippen LogP contribution in [0.25, 0.3) is 0 Å². The number of allylic oxidation sites excluding steroid dienone is 10. The fourth-order valence-corrected chi connectivity index (χ4v) is 10.8. The standard InChI is InChI=1S/C76H138O6/c1-4-7-10-13-16-19-22-25-28-30-32-33-34-35-36-37-38-39-40-41-42-44-45-48-51-54-57-60-63-66-69-75(78)81-72-73(71-80-74(77)68-65-62-59-56-53-50-47-27-24-21-18-15-12-9-6-3)82-76(79)70-67-64-61-58-55-52-49-46-43-31-29-26-23-20-17-14-11-8-5-2/h9,12,17-18,20-21,26-27,29,47,73H,4-8,10-11,13-16,19,22-25,28,30-46,48-72H2,1-3H3/b12-9-,20-17-,21-18-,29-26-,47-27-. The lowest BCUT2D eigenvalue weighted by atomic mass is 10.0. The van der Waals surface area contributed by atoms with Crippen molar-refractivity contribution in [2.45, 2.75) is 393 Å². The van der Waals surface area contributed by atoms with Gasteiger partial charge in [-0.1, -0.05) is 345 Å². The van der Waals surface area contributed by atoms with Crippen molar-refractivity contribution in [3.8, 4) is 0 Å². The molecule has 478 valence electrons. The predicted octanol–water partition coefficient (Wildman–Crippen LogP) is 25.1. The molecule has 0 saturated carbocycles. The van der Waals surface area contributed by atoms with Gasteiger partial charge in [-0.15, -0.1) is 0 Å². The van der Waals surface area contributed by atoms with E-state index >= 15 is 0 Å². The highest BCUT2D eigenvalue weighted by Gasteiger charge is 2.19. The molecule has 0 aromatic carbocycles. The van der Waals surface area contributed by atoms with Crippen molar-refractivity contribution in [1.29, 1.82) is 0 Å². The van der Waals surface area contributed by atoms with Gasteiger partial charge in [-0.3, -0.25) is 14.4 Å². The fourth-order valence-electron chi connectivity index (χ4n) is 10.8. The van der Waals surface area contributed by atoms with Gasteiger partial charge < -0.3 is 14.2 Å². The van der Waals surface area contributed by atoms with E-state index in [2.05, 4.69) is 81.5 Å². The number of carbonyl (C=O) groups is 3. The first-order chi connectivity index (χ1) is 40.5. The van der Waals surface area contributed by atoms with Crippen LogP contribution in [0.2, 0.25) is 0 Å². The van der Waals surface area contributed by atoms with Gasteiger partial charge in [-0.2, -0.15) is 0 Å². The SMILES string of the molecule is CC/C=C\C/C=C\C/C=C\CCCCCCCC(=O)OCC(COC(=O)CCCCCCCCCCCCCCCCCCCCCCCCCCCCCCCC)OC(=O)CCCCCCCCCCC/C=C\C/C=C\CCCCC.